The first-order chi connectivity index (χ1) is 10.5. The van der Waals surface area contributed by atoms with E-state index in [1.807, 2.05) is 24.7 Å². The van der Waals surface area contributed by atoms with Crippen LogP contribution in [0.1, 0.15) is 35.2 Å². The number of benzene rings is 1. The smallest absolute Gasteiger partial charge is 0.253 e. The number of fused-ring (bicyclic) bond motifs is 1. The molecule has 1 fully saturated rings. The van der Waals surface area contributed by atoms with Crippen molar-refractivity contribution in [1.82, 2.24) is 9.88 Å². The molecule has 1 saturated carbocycles. The van der Waals surface area contributed by atoms with Gasteiger partial charge >= 0.3 is 0 Å². The van der Waals surface area contributed by atoms with Crippen LogP contribution in [0.5, 0.6) is 0 Å². The molecule has 1 aromatic heterocycles. The third kappa shape index (κ3) is 2.78. The summed E-state index contributed by atoms with van der Waals surface area (Å²) in [6.45, 7) is 6.03. The van der Waals surface area contributed by atoms with E-state index in [0.717, 1.165) is 41.3 Å². The summed E-state index contributed by atoms with van der Waals surface area (Å²) in [6, 6.07) is 6.19. The maximum absolute atomic E-state index is 12.7. The SMILES string of the molecule is C=C1CCC(NC(=O)c2cn(C)c3ccc(C)cc23)C(Cl)C1. The van der Waals surface area contributed by atoms with Gasteiger partial charge in [0.1, 0.15) is 0 Å². The minimum Gasteiger partial charge on any atom is -0.350 e. The molecular formula is C18H21ClN2O. The molecule has 2 unspecified atom stereocenters. The van der Waals surface area contributed by atoms with Crippen LogP contribution in [0.2, 0.25) is 0 Å². The molecule has 116 valence electrons. The molecule has 1 amide bonds. The van der Waals surface area contributed by atoms with Crippen molar-refractivity contribution in [3.8, 4) is 0 Å². The predicted molar refractivity (Wildman–Crippen MR) is 91.5 cm³/mol. The van der Waals surface area contributed by atoms with Gasteiger partial charge in [-0.1, -0.05) is 23.8 Å². The van der Waals surface area contributed by atoms with Crippen LogP contribution in [0.25, 0.3) is 10.9 Å². The molecule has 4 heteroatoms. The standard InChI is InChI=1S/C18H21ClN2O/c1-11-5-7-17-13(8-11)14(10-21(17)3)18(22)20-16-6-4-12(2)9-15(16)19/h5,7-8,10,15-16H,2,4,6,9H2,1,3H3,(H,20,22). The normalized spacial score (nSPS) is 22.0. The van der Waals surface area contributed by atoms with Crippen LogP contribution in [0.3, 0.4) is 0 Å². The fourth-order valence-corrected chi connectivity index (χ4v) is 3.56. The Kier molecular flexibility index (Phi) is 4.00. The van der Waals surface area contributed by atoms with Crippen LogP contribution in [0.4, 0.5) is 0 Å². The summed E-state index contributed by atoms with van der Waals surface area (Å²) in [5, 5.41) is 4.03. The Hall–Kier alpha value is -1.74. The van der Waals surface area contributed by atoms with Crippen LogP contribution in [0, 0.1) is 6.92 Å². The number of allylic oxidation sites excluding steroid dienone is 1. The van der Waals surface area contributed by atoms with E-state index in [2.05, 4.69) is 30.1 Å². The van der Waals surface area contributed by atoms with E-state index in [4.69, 9.17) is 11.6 Å². The molecule has 22 heavy (non-hydrogen) atoms. The van der Waals surface area contributed by atoms with Gasteiger partial charge in [0.15, 0.2) is 0 Å². The summed E-state index contributed by atoms with van der Waals surface area (Å²) in [4.78, 5) is 12.7. The molecule has 0 spiro atoms. The van der Waals surface area contributed by atoms with Crippen molar-refractivity contribution in [1.29, 1.82) is 0 Å². The van der Waals surface area contributed by atoms with Gasteiger partial charge in [-0.2, -0.15) is 0 Å². The molecule has 1 aliphatic carbocycles. The number of nitrogens with one attached hydrogen (secondary N) is 1. The first kappa shape index (κ1) is 15.2. The zero-order valence-corrected chi connectivity index (χ0v) is 13.8. The summed E-state index contributed by atoms with van der Waals surface area (Å²) in [5.41, 5.74) is 4.10. The van der Waals surface area contributed by atoms with Crippen molar-refractivity contribution in [2.24, 2.45) is 7.05 Å². The zero-order chi connectivity index (χ0) is 15.9. The Labute approximate surface area is 136 Å². The second kappa shape index (κ2) is 5.81. The molecule has 1 aromatic carbocycles. The number of hydrogen-bond donors (Lipinski definition) is 1. The van der Waals surface area contributed by atoms with Crippen molar-refractivity contribution >= 4 is 28.4 Å². The number of carbonyl (C=O) groups excluding carboxylic acids is 1. The van der Waals surface area contributed by atoms with Gasteiger partial charge in [0, 0.05) is 30.2 Å². The average molecular weight is 317 g/mol. The molecular weight excluding hydrogens is 296 g/mol. The summed E-state index contributed by atoms with van der Waals surface area (Å²) in [6.07, 6.45) is 4.47. The van der Waals surface area contributed by atoms with Crippen LogP contribution >= 0.6 is 11.6 Å². The quantitative estimate of drug-likeness (QED) is 0.661. The lowest BCUT2D eigenvalue weighted by Crippen LogP contribution is -2.43. The number of nitrogens with zero attached hydrogens (tertiary/aromatic N) is 1. The topological polar surface area (TPSA) is 34.0 Å². The lowest BCUT2D eigenvalue weighted by molar-refractivity contribution is 0.0933. The summed E-state index contributed by atoms with van der Waals surface area (Å²) in [5.74, 6) is -0.0423. The second-order valence-electron chi connectivity index (χ2n) is 6.26. The molecule has 2 atom stereocenters. The van der Waals surface area contributed by atoms with Gasteiger partial charge < -0.3 is 9.88 Å². The van der Waals surface area contributed by atoms with Gasteiger partial charge in [-0.3, -0.25) is 4.79 Å². The van der Waals surface area contributed by atoms with Crippen LogP contribution < -0.4 is 5.32 Å². The highest BCUT2D eigenvalue weighted by atomic mass is 35.5. The van der Waals surface area contributed by atoms with Gasteiger partial charge in [-0.25, -0.2) is 0 Å². The molecule has 3 rings (SSSR count). The Balaban J connectivity index is 1.86. The highest BCUT2D eigenvalue weighted by Gasteiger charge is 2.27. The molecule has 0 radical (unpaired) electrons. The maximum Gasteiger partial charge on any atom is 0.253 e. The number of amides is 1. The number of alkyl halides is 1. The number of rotatable bonds is 2. The van der Waals surface area contributed by atoms with E-state index < -0.39 is 0 Å². The number of hydrogen-bond acceptors (Lipinski definition) is 1. The van der Waals surface area contributed by atoms with Crippen LogP contribution in [-0.4, -0.2) is 21.9 Å². The molecule has 1 heterocycles. The number of aryl methyl sites for hydroxylation is 2. The fraction of sp³-hybridized carbons (Fsp3) is 0.389. The summed E-state index contributed by atoms with van der Waals surface area (Å²) in [7, 11) is 1.96. The molecule has 0 bridgehead atoms. The lowest BCUT2D eigenvalue weighted by atomic mass is 9.91. The Morgan fingerprint density at radius 2 is 2.23 bits per heavy atom. The molecule has 3 nitrogen and oxygen atoms in total. The first-order valence-corrected chi connectivity index (χ1v) is 8.06. The van der Waals surface area contributed by atoms with Crippen LogP contribution in [0.15, 0.2) is 36.5 Å². The first-order valence-electron chi connectivity index (χ1n) is 7.63. The number of carbonyl (C=O) groups is 1. The van der Waals surface area contributed by atoms with E-state index >= 15 is 0 Å². The summed E-state index contributed by atoms with van der Waals surface area (Å²) >= 11 is 6.38. The molecule has 1 aliphatic rings. The highest BCUT2D eigenvalue weighted by Crippen LogP contribution is 2.28. The van der Waals surface area contributed by atoms with Crippen molar-refractivity contribution < 1.29 is 4.79 Å². The third-order valence-corrected chi connectivity index (χ3v) is 4.89. The maximum atomic E-state index is 12.7. The largest absolute Gasteiger partial charge is 0.350 e. The minimum atomic E-state index is -0.0677. The Morgan fingerprint density at radius 1 is 1.45 bits per heavy atom. The average Bonchev–Trinajstić information content (AvgIpc) is 2.78. The van der Waals surface area contributed by atoms with Crippen molar-refractivity contribution in [2.45, 2.75) is 37.6 Å². The fourth-order valence-electron chi connectivity index (χ4n) is 3.16. The van der Waals surface area contributed by atoms with E-state index in [0.29, 0.717) is 0 Å². The van der Waals surface area contributed by atoms with Gasteiger partial charge in [-0.15, -0.1) is 11.6 Å². The van der Waals surface area contributed by atoms with Crippen molar-refractivity contribution in [3.63, 3.8) is 0 Å². The van der Waals surface area contributed by atoms with E-state index in [9.17, 15) is 4.79 Å². The molecule has 0 saturated heterocycles. The van der Waals surface area contributed by atoms with Crippen molar-refractivity contribution in [3.05, 3.63) is 47.7 Å². The van der Waals surface area contributed by atoms with E-state index in [-0.39, 0.29) is 17.3 Å². The Bertz CT molecular complexity index is 747. The molecule has 0 aliphatic heterocycles. The number of halogens is 1. The lowest BCUT2D eigenvalue weighted by Gasteiger charge is -2.29. The minimum absolute atomic E-state index is 0.0136. The van der Waals surface area contributed by atoms with E-state index in [1.54, 1.807) is 0 Å². The van der Waals surface area contributed by atoms with Gasteiger partial charge in [0.05, 0.1) is 10.9 Å². The van der Waals surface area contributed by atoms with Gasteiger partial charge in [0.25, 0.3) is 5.91 Å². The third-order valence-electron chi connectivity index (χ3n) is 4.44. The van der Waals surface area contributed by atoms with Gasteiger partial charge in [0.2, 0.25) is 0 Å². The zero-order valence-electron chi connectivity index (χ0n) is 13.0. The Morgan fingerprint density at radius 3 is 2.95 bits per heavy atom. The molecule has 2 aromatic rings. The summed E-state index contributed by atoms with van der Waals surface area (Å²) < 4.78 is 1.99. The highest BCUT2D eigenvalue weighted by molar-refractivity contribution is 6.21. The van der Waals surface area contributed by atoms with Gasteiger partial charge in [-0.05, 0) is 38.3 Å². The van der Waals surface area contributed by atoms with E-state index in [1.165, 1.54) is 5.57 Å². The predicted octanol–water partition coefficient (Wildman–Crippen LogP) is 3.93. The van der Waals surface area contributed by atoms with Crippen LogP contribution in [-0.2, 0) is 7.05 Å². The van der Waals surface area contributed by atoms with Crippen molar-refractivity contribution in [2.75, 3.05) is 0 Å². The number of aromatic nitrogens is 1. The monoisotopic (exact) mass is 316 g/mol. The second-order valence-corrected chi connectivity index (χ2v) is 6.82. The molecule has 1 N–H and O–H groups in total.